The number of hydrogen-bond donors (Lipinski definition) is 1. The second-order valence-corrected chi connectivity index (χ2v) is 5.25. The first kappa shape index (κ1) is 15.4. The molecule has 0 heterocycles. The minimum absolute atomic E-state index is 0.379. The van der Waals surface area contributed by atoms with Crippen molar-refractivity contribution in [1.29, 1.82) is 5.26 Å². The van der Waals surface area contributed by atoms with E-state index in [1.807, 2.05) is 24.3 Å². The summed E-state index contributed by atoms with van der Waals surface area (Å²) in [6.45, 7) is 0.823. The largest absolute Gasteiger partial charge is 0.495 e. The summed E-state index contributed by atoms with van der Waals surface area (Å²) < 4.78 is 11.8. The maximum atomic E-state index is 9.07. The van der Waals surface area contributed by atoms with Gasteiger partial charge in [-0.1, -0.05) is 22.0 Å². The molecule has 2 rings (SSSR count). The van der Waals surface area contributed by atoms with Gasteiger partial charge in [0.1, 0.15) is 24.2 Å². The van der Waals surface area contributed by atoms with E-state index < -0.39 is 0 Å². The molecule has 0 amide bonds. The monoisotopic (exact) mass is 346 g/mol. The first-order chi connectivity index (χ1) is 10.2. The molecule has 2 aromatic carbocycles. The van der Waals surface area contributed by atoms with Crippen LogP contribution in [0.4, 0.5) is 0 Å². The fraction of sp³-hybridized carbons (Fsp3) is 0.188. The Hall–Kier alpha value is -2.03. The second kappa shape index (κ2) is 7.11. The third-order valence-electron chi connectivity index (χ3n) is 3.03. The number of benzene rings is 2. The molecule has 2 N–H and O–H groups in total. The lowest BCUT2D eigenvalue weighted by Crippen LogP contribution is -2.00. The van der Waals surface area contributed by atoms with Crippen molar-refractivity contribution in [2.75, 3.05) is 7.11 Å². The Morgan fingerprint density at radius 1 is 1.24 bits per heavy atom. The van der Waals surface area contributed by atoms with Gasteiger partial charge in [0, 0.05) is 11.0 Å². The number of nitrogens with two attached hydrogens (primary N) is 1. The van der Waals surface area contributed by atoms with Crippen LogP contribution in [0.2, 0.25) is 0 Å². The van der Waals surface area contributed by atoms with E-state index >= 15 is 0 Å². The van der Waals surface area contributed by atoms with Crippen LogP contribution in [0.5, 0.6) is 11.5 Å². The molecule has 108 valence electrons. The number of nitriles is 1. The number of nitrogens with zero attached hydrogens (tertiary/aromatic N) is 1. The average Bonchev–Trinajstić information content (AvgIpc) is 2.53. The Bertz CT molecular complexity index is 680. The Morgan fingerprint density at radius 2 is 2.05 bits per heavy atom. The van der Waals surface area contributed by atoms with Crippen LogP contribution in [0.1, 0.15) is 16.7 Å². The summed E-state index contributed by atoms with van der Waals surface area (Å²) in [4.78, 5) is 0. The van der Waals surface area contributed by atoms with Crippen molar-refractivity contribution in [3.8, 4) is 17.6 Å². The van der Waals surface area contributed by atoms with Crippen LogP contribution in [0.25, 0.3) is 0 Å². The predicted octanol–water partition coefficient (Wildman–Crippen LogP) is 3.37. The van der Waals surface area contributed by atoms with Gasteiger partial charge in [-0.15, -0.1) is 0 Å². The topological polar surface area (TPSA) is 68.3 Å². The lowest BCUT2D eigenvalue weighted by molar-refractivity contribution is 0.305. The fourth-order valence-corrected chi connectivity index (χ4v) is 2.30. The summed E-state index contributed by atoms with van der Waals surface area (Å²) in [6, 6.07) is 13.2. The minimum Gasteiger partial charge on any atom is -0.495 e. The molecular weight excluding hydrogens is 332 g/mol. The Balaban J connectivity index is 2.11. The number of methoxy groups -OCH3 is 1. The zero-order chi connectivity index (χ0) is 15.2. The van der Waals surface area contributed by atoms with E-state index in [9.17, 15) is 0 Å². The minimum atomic E-state index is 0.379. The Kier molecular flexibility index (Phi) is 5.20. The van der Waals surface area contributed by atoms with Gasteiger partial charge >= 0.3 is 0 Å². The molecule has 21 heavy (non-hydrogen) atoms. The summed E-state index contributed by atoms with van der Waals surface area (Å²) in [7, 11) is 1.54. The zero-order valence-electron chi connectivity index (χ0n) is 11.6. The summed E-state index contributed by atoms with van der Waals surface area (Å²) in [5.74, 6) is 1.31. The highest BCUT2D eigenvalue weighted by Gasteiger charge is 2.05. The predicted molar refractivity (Wildman–Crippen MR) is 84.1 cm³/mol. The van der Waals surface area contributed by atoms with Crippen molar-refractivity contribution < 1.29 is 9.47 Å². The molecule has 0 bridgehead atoms. The van der Waals surface area contributed by atoms with E-state index in [4.69, 9.17) is 20.5 Å². The van der Waals surface area contributed by atoms with Crippen molar-refractivity contribution in [1.82, 2.24) is 0 Å². The third kappa shape index (κ3) is 3.75. The average molecular weight is 347 g/mol. The van der Waals surface area contributed by atoms with Gasteiger partial charge in [-0.25, -0.2) is 0 Å². The number of rotatable bonds is 5. The van der Waals surface area contributed by atoms with E-state index in [1.54, 1.807) is 19.2 Å². The van der Waals surface area contributed by atoms with Crippen LogP contribution in [0.3, 0.4) is 0 Å². The molecule has 0 unspecified atom stereocenters. The Labute approximate surface area is 132 Å². The number of hydrogen-bond acceptors (Lipinski definition) is 4. The van der Waals surface area contributed by atoms with E-state index in [1.165, 1.54) is 0 Å². The molecule has 2 aromatic rings. The van der Waals surface area contributed by atoms with E-state index in [-0.39, 0.29) is 0 Å². The van der Waals surface area contributed by atoms with E-state index in [2.05, 4.69) is 22.0 Å². The summed E-state index contributed by atoms with van der Waals surface area (Å²) in [5.41, 5.74) is 8.05. The fourth-order valence-electron chi connectivity index (χ4n) is 1.90. The van der Waals surface area contributed by atoms with Crippen molar-refractivity contribution in [3.63, 3.8) is 0 Å². The van der Waals surface area contributed by atoms with Crippen LogP contribution >= 0.6 is 15.9 Å². The van der Waals surface area contributed by atoms with Gasteiger partial charge in [-0.05, 0) is 41.5 Å². The van der Waals surface area contributed by atoms with Gasteiger partial charge < -0.3 is 15.2 Å². The molecule has 0 saturated carbocycles. The van der Waals surface area contributed by atoms with Crippen molar-refractivity contribution >= 4 is 15.9 Å². The third-order valence-corrected chi connectivity index (χ3v) is 3.80. The summed E-state index contributed by atoms with van der Waals surface area (Å²) in [6.07, 6.45) is 0. The van der Waals surface area contributed by atoms with Gasteiger partial charge in [-0.2, -0.15) is 5.26 Å². The van der Waals surface area contributed by atoms with E-state index in [0.29, 0.717) is 24.5 Å². The molecule has 0 atom stereocenters. The second-order valence-electron chi connectivity index (χ2n) is 4.39. The maximum absolute atomic E-state index is 9.07. The van der Waals surface area contributed by atoms with Gasteiger partial charge in [0.05, 0.1) is 12.7 Å². The highest BCUT2D eigenvalue weighted by molar-refractivity contribution is 9.10. The van der Waals surface area contributed by atoms with Gasteiger partial charge in [0.15, 0.2) is 0 Å². The van der Waals surface area contributed by atoms with Gasteiger partial charge in [0.25, 0.3) is 0 Å². The molecule has 0 saturated heterocycles. The molecule has 4 nitrogen and oxygen atoms in total. The van der Waals surface area contributed by atoms with Gasteiger partial charge in [0.2, 0.25) is 0 Å². The molecule has 0 aliphatic carbocycles. The summed E-state index contributed by atoms with van der Waals surface area (Å²) >= 11 is 3.44. The Morgan fingerprint density at radius 3 is 2.71 bits per heavy atom. The number of halogens is 1. The van der Waals surface area contributed by atoms with E-state index in [0.717, 1.165) is 21.3 Å². The van der Waals surface area contributed by atoms with Crippen molar-refractivity contribution in [2.45, 2.75) is 13.2 Å². The molecule has 0 spiro atoms. The normalized spacial score (nSPS) is 10.0. The first-order valence-corrected chi connectivity index (χ1v) is 7.15. The molecule has 0 aliphatic rings. The highest BCUT2D eigenvalue weighted by atomic mass is 79.9. The van der Waals surface area contributed by atoms with Crippen LogP contribution in [-0.2, 0) is 13.2 Å². The van der Waals surface area contributed by atoms with Crippen LogP contribution in [-0.4, -0.2) is 7.11 Å². The lowest BCUT2D eigenvalue weighted by atomic mass is 10.1. The van der Waals surface area contributed by atoms with Crippen LogP contribution < -0.4 is 15.2 Å². The number of ether oxygens (including phenoxy) is 2. The molecule has 0 fully saturated rings. The molecule has 0 radical (unpaired) electrons. The van der Waals surface area contributed by atoms with Crippen LogP contribution in [0, 0.1) is 11.3 Å². The zero-order valence-corrected chi connectivity index (χ0v) is 13.2. The van der Waals surface area contributed by atoms with Gasteiger partial charge in [-0.3, -0.25) is 0 Å². The van der Waals surface area contributed by atoms with Crippen LogP contribution in [0.15, 0.2) is 40.9 Å². The quantitative estimate of drug-likeness (QED) is 0.901. The molecule has 0 aromatic heterocycles. The SMILES string of the molecule is COc1ccc(COc2ccc(Br)c(CN)c2)cc1C#N. The lowest BCUT2D eigenvalue weighted by Gasteiger charge is -2.10. The summed E-state index contributed by atoms with van der Waals surface area (Å²) in [5, 5.41) is 9.07. The van der Waals surface area contributed by atoms with Crippen molar-refractivity contribution in [3.05, 3.63) is 57.6 Å². The first-order valence-electron chi connectivity index (χ1n) is 6.36. The smallest absolute Gasteiger partial charge is 0.136 e. The van der Waals surface area contributed by atoms with Crippen molar-refractivity contribution in [2.24, 2.45) is 5.73 Å². The molecule has 0 aliphatic heterocycles. The molecule has 5 heteroatoms. The standard InChI is InChI=1S/C16H15BrN2O2/c1-20-16-5-2-11(6-13(16)9-19)10-21-14-3-4-15(17)12(7-14)8-18/h2-7H,8,10,18H2,1H3. The molecular formula is C16H15BrN2O2. The highest BCUT2D eigenvalue weighted by Crippen LogP contribution is 2.24. The maximum Gasteiger partial charge on any atom is 0.136 e.